The molecule has 3 N–H and O–H groups in total. The number of anilines is 2. The van der Waals surface area contributed by atoms with Gasteiger partial charge in [0.25, 0.3) is 0 Å². The number of para-hydroxylation sites is 2. The summed E-state index contributed by atoms with van der Waals surface area (Å²) in [6, 6.07) is 27.9. The van der Waals surface area contributed by atoms with Crippen molar-refractivity contribution in [1.82, 2.24) is 20.3 Å². The van der Waals surface area contributed by atoms with Gasteiger partial charge in [0.1, 0.15) is 5.82 Å². The molecule has 5 aromatic rings. The Balaban J connectivity index is 1.07. The van der Waals surface area contributed by atoms with E-state index in [9.17, 15) is 0 Å². The first-order valence-corrected chi connectivity index (χ1v) is 13.7. The van der Waals surface area contributed by atoms with Gasteiger partial charge in [-0.25, -0.2) is 4.98 Å². The molecule has 0 bridgehead atoms. The van der Waals surface area contributed by atoms with Gasteiger partial charge < -0.3 is 20.5 Å². The minimum absolute atomic E-state index is 0.417. The molecule has 1 saturated carbocycles. The average molecular weight is 505 g/mol. The summed E-state index contributed by atoms with van der Waals surface area (Å²) >= 11 is 0. The Morgan fingerprint density at radius 1 is 0.816 bits per heavy atom. The Labute approximate surface area is 224 Å². The van der Waals surface area contributed by atoms with Gasteiger partial charge in [0.2, 0.25) is 5.95 Å². The summed E-state index contributed by atoms with van der Waals surface area (Å²) in [7, 11) is 4.08. The van der Waals surface area contributed by atoms with Crippen molar-refractivity contribution in [2.24, 2.45) is 5.92 Å². The molecule has 2 aromatic heterocycles. The smallest absolute Gasteiger partial charge is 0.225 e. The molecular formula is C32H36N6. The first-order valence-electron chi connectivity index (χ1n) is 13.7. The third kappa shape index (κ3) is 5.09. The molecule has 1 fully saturated rings. The SMILES string of the molecule is CN(C)c1nc(N[C@H]2CC[C@@H](CNCc3c(-c4ccccc4)[nH]c4ccccc34)CC2)nc2ccccc12. The summed E-state index contributed by atoms with van der Waals surface area (Å²) in [5.41, 5.74) is 5.99. The highest BCUT2D eigenvalue weighted by atomic mass is 15.2. The van der Waals surface area contributed by atoms with Crippen LogP contribution in [0.15, 0.2) is 78.9 Å². The second-order valence-electron chi connectivity index (χ2n) is 10.7. The molecule has 0 spiro atoms. The fraction of sp³-hybridized carbons (Fsp3) is 0.312. The second kappa shape index (κ2) is 10.8. The predicted octanol–water partition coefficient (Wildman–Crippen LogP) is 6.60. The lowest BCUT2D eigenvalue weighted by molar-refractivity contribution is 0.324. The van der Waals surface area contributed by atoms with Crippen LogP contribution in [-0.4, -0.2) is 41.6 Å². The molecule has 6 nitrogen and oxygen atoms in total. The molecule has 0 aliphatic heterocycles. The van der Waals surface area contributed by atoms with E-state index in [4.69, 9.17) is 9.97 Å². The van der Waals surface area contributed by atoms with Crippen LogP contribution in [0.3, 0.4) is 0 Å². The van der Waals surface area contributed by atoms with E-state index < -0.39 is 0 Å². The van der Waals surface area contributed by atoms with Gasteiger partial charge in [-0.2, -0.15) is 4.98 Å². The third-order valence-corrected chi connectivity index (χ3v) is 7.80. The minimum atomic E-state index is 0.417. The number of nitrogens with one attached hydrogen (secondary N) is 3. The van der Waals surface area contributed by atoms with Crippen LogP contribution in [0.1, 0.15) is 31.2 Å². The topological polar surface area (TPSA) is 68.9 Å². The van der Waals surface area contributed by atoms with Gasteiger partial charge in [-0.1, -0.05) is 60.7 Å². The number of aromatic nitrogens is 3. The lowest BCUT2D eigenvalue weighted by atomic mass is 9.86. The van der Waals surface area contributed by atoms with E-state index in [1.54, 1.807) is 0 Å². The average Bonchev–Trinajstić information content (AvgIpc) is 3.32. The zero-order valence-corrected chi connectivity index (χ0v) is 22.2. The number of benzene rings is 3. The molecule has 0 saturated heterocycles. The lowest BCUT2D eigenvalue weighted by Gasteiger charge is -2.29. The van der Waals surface area contributed by atoms with Crippen molar-refractivity contribution in [2.75, 3.05) is 30.9 Å². The van der Waals surface area contributed by atoms with Crippen LogP contribution in [-0.2, 0) is 6.54 Å². The molecule has 194 valence electrons. The van der Waals surface area contributed by atoms with Crippen molar-refractivity contribution in [3.05, 3.63) is 84.4 Å². The lowest BCUT2D eigenvalue weighted by Crippen LogP contribution is -2.31. The van der Waals surface area contributed by atoms with Crippen LogP contribution < -0.4 is 15.5 Å². The van der Waals surface area contributed by atoms with Gasteiger partial charge in [-0.15, -0.1) is 0 Å². The number of fused-ring (bicyclic) bond motifs is 2. The number of nitrogens with zero attached hydrogens (tertiary/aromatic N) is 3. The number of rotatable bonds is 8. The Bertz CT molecular complexity index is 1520. The Hall–Kier alpha value is -3.90. The van der Waals surface area contributed by atoms with Crippen molar-refractivity contribution in [3.63, 3.8) is 0 Å². The van der Waals surface area contributed by atoms with E-state index in [0.717, 1.165) is 48.6 Å². The molecular weight excluding hydrogens is 468 g/mol. The van der Waals surface area contributed by atoms with Crippen molar-refractivity contribution in [1.29, 1.82) is 0 Å². The third-order valence-electron chi connectivity index (χ3n) is 7.80. The number of hydrogen-bond donors (Lipinski definition) is 3. The molecule has 38 heavy (non-hydrogen) atoms. The van der Waals surface area contributed by atoms with Crippen LogP contribution in [0.4, 0.5) is 11.8 Å². The van der Waals surface area contributed by atoms with Crippen molar-refractivity contribution < 1.29 is 0 Å². The maximum Gasteiger partial charge on any atom is 0.225 e. The fourth-order valence-corrected chi connectivity index (χ4v) is 5.79. The van der Waals surface area contributed by atoms with Crippen molar-refractivity contribution in [3.8, 4) is 11.3 Å². The van der Waals surface area contributed by atoms with E-state index in [0.29, 0.717) is 12.0 Å². The molecule has 6 heteroatoms. The van der Waals surface area contributed by atoms with Gasteiger partial charge in [0.15, 0.2) is 0 Å². The number of hydrogen-bond acceptors (Lipinski definition) is 5. The monoisotopic (exact) mass is 504 g/mol. The van der Waals surface area contributed by atoms with Crippen LogP contribution in [0.2, 0.25) is 0 Å². The molecule has 0 amide bonds. The van der Waals surface area contributed by atoms with E-state index in [1.807, 2.05) is 26.2 Å². The Kier molecular flexibility index (Phi) is 6.97. The predicted molar refractivity (Wildman–Crippen MR) is 159 cm³/mol. The zero-order chi connectivity index (χ0) is 25.9. The van der Waals surface area contributed by atoms with Gasteiger partial charge in [-0.05, 0) is 67.5 Å². The standard InChI is InChI=1S/C32H36N6/c1-38(2)31-26-13-7-9-15-29(26)36-32(37-31)34-24-18-16-22(17-19-24)20-33-21-27-25-12-6-8-14-28(25)35-30(27)23-10-4-3-5-11-23/h3-15,22,24,33,35H,16-21H2,1-2H3,(H,34,36,37)/t22-,24+. The van der Waals surface area contributed by atoms with Crippen LogP contribution in [0, 0.1) is 5.92 Å². The highest BCUT2D eigenvalue weighted by molar-refractivity contribution is 5.91. The molecule has 0 atom stereocenters. The highest BCUT2D eigenvalue weighted by Gasteiger charge is 2.22. The maximum atomic E-state index is 4.84. The highest BCUT2D eigenvalue weighted by Crippen LogP contribution is 2.31. The van der Waals surface area contributed by atoms with E-state index >= 15 is 0 Å². The quantitative estimate of drug-likeness (QED) is 0.222. The first kappa shape index (κ1) is 24.4. The van der Waals surface area contributed by atoms with Gasteiger partial charge >= 0.3 is 0 Å². The normalized spacial score (nSPS) is 17.6. The van der Waals surface area contributed by atoms with Crippen molar-refractivity contribution >= 4 is 33.6 Å². The summed E-state index contributed by atoms with van der Waals surface area (Å²) in [6.45, 7) is 1.91. The maximum absolute atomic E-state index is 4.84. The zero-order valence-electron chi connectivity index (χ0n) is 22.2. The molecule has 1 aliphatic carbocycles. The Morgan fingerprint density at radius 2 is 1.53 bits per heavy atom. The molecule has 3 aromatic carbocycles. The molecule has 0 radical (unpaired) electrons. The molecule has 1 aliphatic rings. The van der Waals surface area contributed by atoms with E-state index in [1.165, 1.54) is 40.6 Å². The summed E-state index contributed by atoms with van der Waals surface area (Å²) in [6.07, 6.45) is 4.70. The largest absolute Gasteiger partial charge is 0.362 e. The molecule has 0 unspecified atom stereocenters. The van der Waals surface area contributed by atoms with Gasteiger partial charge in [0.05, 0.1) is 11.2 Å². The summed E-state index contributed by atoms with van der Waals surface area (Å²) in [5, 5.41) is 9.82. The summed E-state index contributed by atoms with van der Waals surface area (Å²) in [4.78, 5) is 15.4. The second-order valence-corrected chi connectivity index (χ2v) is 10.7. The minimum Gasteiger partial charge on any atom is -0.362 e. The van der Waals surface area contributed by atoms with E-state index in [2.05, 4.69) is 87.2 Å². The fourth-order valence-electron chi connectivity index (χ4n) is 5.79. The van der Waals surface area contributed by atoms with Crippen LogP contribution >= 0.6 is 0 Å². The summed E-state index contributed by atoms with van der Waals surface area (Å²) < 4.78 is 0. The first-order chi connectivity index (χ1) is 18.7. The number of aromatic amines is 1. The van der Waals surface area contributed by atoms with E-state index in [-0.39, 0.29) is 0 Å². The summed E-state index contributed by atoms with van der Waals surface area (Å²) in [5.74, 6) is 2.39. The van der Waals surface area contributed by atoms with Gasteiger partial charge in [-0.3, -0.25) is 0 Å². The number of H-pyrrole nitrogens is 1. The molecule has 2 heterocycles. The van der Waals surface area contributed by atoms with Crippen molar-refractivity contribution in [2.45, 2.75) is 38.3 Å². The van der Waals surface area contributed by atoms with Gasteiger partial charge in [0, 0.05) is 43.0 Å². The Morgan fingerprint density at radius 3 is 2.32 bits per heavy atom. The molecule has 6 rings (SSSR count). The van der Waals surface area contributed by atoms with Crippen LogP contribution in [0.25, 0.3) is 33.1 Å². The van der Waals surface area contributed by atoms with Crippen LogP contribution in [0.5, 0.6) is 0 Å².